The second-order valence-electron chi connectivity index (χ2n) is 10.9. The SMILES string of the molecule is Cc1nc(C(F)(F)F)sc1Cn1c2c(c3cccnc31)CCN(C(=O)CC13CCC(OC(=O)O)(CC1)C3)C2. The highest BCUT2D eigenvalue weighted by Crippen LogP contribution is 2.60. The van der Waals surface area contributed by atoms with Gasteiger partial charge in [-0.25, -0.2) is 14.8 Å². The third-order valence-corrected chi connectivity index (χ3v) is 9.74. The number of aryl methyl sites for hydroxylation is 1. The molecule has 1 N–H and O–H groups in total. The highest BCUT2D eigenvalue weighted by atomic mass is 32.1. The van der Waals surface area contributed by atoms with E-state index in [0.29, 0.717) is 72.7 Å². The molecule has 8 nitrogen and oxygen atoms in total. The molecule has 3 aromatic rings. The number of carbonyl (C=O) groups is 2. The molecule has 4 heterocycles. The van der Waals surface area contributed by atoms with Crippen LogP contribution in [-0.2, 0) is 35.2 Å². The molecule has 0 radical (unpaired) electrons. The van der Waals surface area contributed by atoms with Gasteiger partial charge in [-0.3, -0.25) is 4.79 Å². The highest BCUT2D eigenvalue weighted by molar-refractivity contribution is 7.11. The number of carboxylic acid groups (broad SMARTS) is 1. The molecule has 12 heteroatoms. The van der Waals surface area contributed by atoms with Crippen LogP contribution in [0.1, 0.15) is 65.4 Å². The number of ether oxygens (including phenoxy) is 1. The summed E-state index contributed by atoms with van der Waals surface area (Å²) in [6.07, 6.45) is 0.266. The molecule has 1 amide bonds. The molecule has 0 spiro atoms. The van der Waals surface area contributed by atoms with Gasteiger partial charge in [-0.1, -0.05) is 0 Å². The minimum Gasteiger partial charge on any atom is -0.450 e. The Labute approximate surface area is 220 Å². The summed E-state index contributed by atoms with van der Waals surface area (Å²) in [5.41, 5.74) is 2.08. The topological polar surface area (TPSA) is 97.5 Å². The van der Waals surface area contributed by atoms with E-state index >= 15 is 0 Å². The summed E-state index contributed by atoms with van der Waals surface area (Å²) < 4.78 is 47.0. The van der Waals surface area contributed by atoms with E-state index in [4.69, 9.17) is 9.84 Å². The molecule has 0 saturated heterocycles. The second kappa shape index (κ2) is 8.69. The van der Waals surface area contributed by atoms with Crippen LogP contribution < -0.4 is 0 Å². The predicted octanol–water partition coefficient (Wildman–Crippen LogP) is 5.54. The van der Waals surface area contributed by atoms with Gasteiger partial charge in [0, 0.05) is 35.1 Å². The molecule has 2 saturated carbocycles. The van der Waals surface area contributed by atoms with Crippen molar-refractivity contribution >= 4 is 34.4 Å². The lowest BCUT2D eigenvalue weighted by Crippen LogP contribution is -2.39. The van der Waals surface area contributed by atoms with Crippen LogP contribution in [0.2, 0.25) is 0 Å². The van der Waals surface area contributed by atoms with Gasteiger partial charge in [0.25, 0.3) is 0 Å². The second-order valence-corrected chi connectivity index (χ2v) is 12.0. The van der Waals surface area contributed by atoms with Crippen molar-refractivity contribution in [2.45, 2.75) is 76.7 Å². The molecular formula is C26H27F3N4O4S. The van der Waals surface area contributed by atoms with Gasteiger partial charge >= 0.3 is 12.3 Å². The highest BCUT2D eigenvalue weighted by Gasteiger charge is 2.57. The van der Waals surface area contributed by atoms with Crippen LogP contribution >= 0.6 is 11.3 Å². The summed E-state index contributed by atoms with van der Waals surface area (Å²) in [5.74, 6) is 0.0155. The molecule has 202 valence electrons. The van der Waals surface area contributed by atoms with Gasteiger partial charge in [-0.05, 0) is 68.6 Å². The Bertz CT molecular complexity index is 1440. The largest absolute Gasteiger partial charge is 0.506 e. The fourth-order valence-corrected chi connectivity index (χ4v) is 7.67. The van der Waals surface area contributed by atoms with Gasteiger partial charge in [0.1, 0.15) is 11.2 Å². The van der Waals surface area contributed by atoms with Crippen molar-refractivity contribution in [3.63, 3.8) is 0 Å². The predicted molar refractivity (Wildman–Crippen MR) is 132 cm³/mol. The number of aromatic nitrogens is 3. The third-order valence-electron chi connectivity index (χ3n) is 8.55. The molecular weight excluding hydrogens is 521 g/mol. The first-order chi connectivity index (χ1) is 18.0. The summed E-state index contributed by atoms with van der Waals surface area (Å²) in [6, 6.07) is 3.81. The normalized spacial score (nSPS) is 24.7. The number of fused-ring (bicyclic) bond motifs is 5. The molecule has 0 atom stereocenters. The van der Waals surface area contributed by atoms with E-state index in [1.807, 2.05) is 21.6 Å². The fourth-order valence-electron chi connectivity index (χ4n) is 6.75. The summed E-state index contributed by atoms with van der Waals surface area (Å²) in [6.45, 7) is 2.67. The van der Waals surface area contributed by atoms with Gasteiger partial charge in [-0.15, -0.1) is 11.3 Å². The Kier molecular flexibility index (Phi) is 5.75. The van der Waals surface area contributed by atoms with Crippen LogP contribution in [0.15, 0.2) is 18.3 Å². The number of alkyl halides is 3. The maximum atomic E-state index is 13.5. The van der Waals surface area contributed by atoms with Gasteiger partial charge in [0.15, 0.2) is 5.01 Å². The number of hydrogen-bond donors (Lipinski definition) is 1. The summed E-state index contributed by atoms with van der Waals surface area (Å²) >= 11 is 0.644. The first kappa shape index (κ1) is 25.1. The number of carbonyl (C=O) groups excluding carboxylic acids is 1. The molecule has 3 aromatic heterocycles. The number of hydrogen-bond acceptors (Lipinski definition) is 6. The van der Waals surface area contributed by atoms with E-state index in [2.05, 4.69) is 9.97 Å². The van der Waals surface area contributed by atoms with Crippen LogP contribution in [-0.4, -0.2) is 48.7 Å². The van der Waals surface area contributed by atoms with E-state index in [1.54, 1.807) is 13.1 Å². The quantitative estimate of drug-likeness (QED) is 0.421. The van der Waals surface area contributed by atoms with E-state index in [-0.39, 0.29) is 17.9 Å². The van der Waals surface area contributed by atoms with Crippen LogP contribution in [0.3, 0.4) is 0 Å². The molecule has 2 aliphatic carbocycles. The van der Waals surface area contributed by atoms with Crippen LogP contribution in [0.5, 0.6) is 0 Å². The average molecular weight is 549 g/mol. The van der Waals surface area contributed by atoms with Gasteiger partial charge in [-0.2, -0.15) is 13.2 Å². The lowest BCUT2D eigenvalue weighted by Gasteiger charge is -2.32. The Morgan fingerprint density at radius 2 is 2.00 bits per heavy atom. The molecule has 1 aliphatic heterocycles. The number of nitrogens with zero attached hydrogens (tertiary/aromatic N) is 4. The van der Waals surface area contributed by atoms with Crippen LogP contribution in [0.25, 0.3) is 11.0 Å². The molecule has 2 fully saturated rings. The van der Waals surface area contributed by atoms with Gasteiger partial charge in [0.2, 0.25) is 5.91 Å². The Morgan fingerprint density at radius 1 is 1.24 bits per heavy atom. The van der Waals surface area contributed by atoms with Gasteiger partial charge < -0.3 is 19.3 Å². The lowest BCUT2D eigenvalue weighted by atomic mass is 9.80. The molecule has 0 aromatic carbocycles. The Balaban J connectivity index is 1.26. The monoisotopic (exact) mass is 548 g/mol. The van der Waals surface area contributed by atoms with Crippen molar-refractivity contribution in [3.05, 3.63) is 45.2 Å². The van der Waals surface area contributed by atoms with E-state index in [0.717, 1.165) is 29.5 Å². The maximum Gasteiger partial charge on any atom is 0.506 e. The number of rotatable bonds is 5. The minimum absolute atomic E-state index is 0.0155. The molecule has 2 bridgehead atoms. The standard InChI is InChI=1S/C26H27F3N4O4S/c1-15-19(38-22(31-15)26(27,28)29)13-33-18-12-32(10-4-16(18)17-3-2-9-30-21(17)33)20(34)11-24-5-7-25(14-24,8-6-24)37-23(35)36/h2-3,9H,4-8,10-14H2,1H3,(H,35,36). The molecule has 3 aliphatic rings. The summed E-state index contributed by atoms with van der Waals surface area (Å²) in [4.78, 5) is 35.3. The Morgan fingerprint density at radius 3 is 2.68 bits per heavy atom. The van der Waals surface area contributed by atoms with E-state index in [1.165, 1.54) is 0 Å². The van der Waals surface area contributed by atoms with Crippen molar-refractivity contribution in [1.82, 2.24) is 19.4 Å². The fraction of sp³-hybridized carbons (Fsp3) is 0.538. The Hall–Kier alpha value is -3.15. The first-order valence-electron chi connectivity index (χ1n) is 12.7. The molecule has 0 unspecified atom stereocenters. The van der Waals surface area contributed by atoms with Crippen molar-refractivity contribution in [1.29, 1.82) is 0 Å². The van der Waals surface area contributed by atoms with Crippen molar-refractivity contribution in [2.75, 3.05) is 6.54 Å². The van der Waals surface area contributed by atoms with Crippen molar-refractivity contribution in [3.8, 4) is 0 Å². The lowest BCUT2D eigenvalue weighted by molar-refractivity contribution is -0.137. The van der Waals surface area contributed by atoms with E-state index in [9.17, 15) is 22.8 Å². The van der Waals surface area contributed by atoms with E-state index < -0.39 is 22.9 Å². The number of thiazole rings is 1. The van der Waals surface area contributed by atoms with Crippen LogP contribution in [0, 0.1) is 12.3 Å². The third kappa shape index (κ3) is 4.22. The van der Waals surface area contributed by atoms with Crippen molar-refractivity contribution in [2.24, 2.45) is 5.41 Å². The molecule has 38 heavy (non-hydrogen) atoms. The number of pyridine rings is 1. The number of amides is 1. The number of halogens is 3. The van der Waals surface area contributed by atoms with Crippen molar-refractivity contribution < 1.29 is 32.6 Å². The zero-order valence-corrected chi connectivity index (χ0v) is 21.6. The summed E-state index contributed by atoms with van der Waals surface area (Å²) in [5, 5.41) is 9.22. The molecule has 6 rings (SSSR count). The minimum atomic E-state index is -4.50. The van der Waals surface area contributed by atoms with Crippen LogP contribution in [0.4, 0.5) is 18.0 Å². The average Bonchev–Trinajstić information content (AvgIpc) is 3.59. The first-order valence-corrected chi connectivity index (χ1v) is 13.5. The van der Waals surface area contributed by atoms with Gasteiger partial charge in [0.05, 0.1) is 18.8 Å². The smallest absolute Gasteiger partial charge is 0.450 e. The maximum absolute atomic E-state index is 13.5. The summed E-state index contributed by atoms with van der Waals surface area (Å²) in [7, 11) is 0. The zero-order valence-electron chi connectivity index (χ0n) is 20.8. The zero-order chi connectivity index (χ0) is 26.9.